The Labute approximate surface area is 127 Å². The van der Waals surface area contributed by atoms with Gasteiger partial charge in [0.05, 0.1) is 10.5 Å². The number of halogens is 2. The SMILES string of the molecule is Cc1cc(Br)cc([N+](=O)[O-])c1Oc1ccc(F)cc1C#N. The molecule has 0 saturated heterocycles. The fourth-order valence-corrected chi connectivity index (χ4v) is 2.33. The van der Waals surface area contributed by atoms with Crippen LogP contribution in [0, 0.1) is 34.2 Å². The van der Waals surface area contributed by atoms with Crippen LogP contribution in [0.3, 0.4) is 0 Å². The number of benzene rings is 2. The van der Waals surface area contributed by atoms with E-state index in [9.17, 15) is 14.5 Å². The first-order valence-corrected chi connectivity index (χ1v) is 6.53. The van der Waals surface area contributed by atoms with E-state index < -0.39 is 10.7 Å². The quantitative estimate of drug-likeness (QED) is 0.604. The molecule has 0 atom stereocenters. The molecule has 0 N–H and O–H groups in total. The molecule has 0 saturated carbocycles. The molecule has 2 rings (SSSR count). The summed E-state index contributed by atoms with van der Waals surface area (Å²) in [5, 5.41) is 20.1. The summed E-state index contributed by atoms with van der Waals surface area (Å²) in [6, 6.07) is 8.14. The van der Waals surface area contributed by atoms with Crippen molar-refractivity contribution in [3.63, 3.8) is 0 Å². The molecule has 106 valence electrons. The summed E-state index contributed by atoms with van der Waals surface area (Å²) in [7, 11) is 0. The molecule has 0 fully saturated rings. The lowest BCUT2D eigenvalue weighted by molar-refractivity contribution is -0.385. The van der Waals surface area contributed by atoms with Crippen molar-refractivity contribution in [2.45, 2.75) is 6.92 Å². The molecule has 0 aliphatic carbocycles. The largest absolute Gasteiger partial charge is 0.448 e. The first kappa shape index (κ1) is 14.9. The first-order chi connectivity index (χ1) is 9.92. The van der Waals surface area contributed by atoms with Crippen LogP contribution in [0.2, 0.25) is 0 Å². The average Bonchev–Trinajstić information content (AvgIpc) is 2.42. The van der Waals surface area contributed by atoms with Crippen LogP contribution in [0.1, 0.15) is 11.1 Å². The highest BCUT2D eigenvalue weighted by molar-refractivity contribution is 9.10. The van der Waals surface area contributed by atoms with Gasteiger partial charge in [-0.1, -0.05) is 15.9 Å². The van der Waals surface area contributed by atoms with E-state index in [2.05, 4.69) is 15.9 Å². The van der Waals surface area contributed by atoms with Gasteiger partial charge in [-0.3, -0.25) is 10.1 Å². The Bertz CT molecular complexity index is 772. The Balaban J connectivity index is 2.55. The molecule has 5 nitrogen and oxygen atoms in total. The number of hydrogen-bond donors (Lipinski definition) is 0. The molecule has 0 amide bonds. The number of rotatable bonds is 3. The van der Waals surface area contributed by atoms with Crippen molar-refractivity contribution < 1.29 is 14.1 Å². The molecule has 0 aliphatic heterocycles. The number of nitrogens with zero attached hydrogens (tertiary/aromatic N) is 2. The van der Waals surface area contributed by atoms with Gasteiger partial charge in [0.25, 0.3) is 0 Å². The van der Waals surface area contributed by atoms with Crippen LogP contribution in [0.5, 0.6) is 11.5 Å². The predicted molar refractivity (Wildman–Crippen MR) is 76.7 cm³/mol. The summed E-state index contributed by atoms with van der Waals surface area (Å²) in [5.41, 5.74) is 0.242. The highest BCUT2D eigenvalue weighted by atomic mass is 79.9. The van der Waals surface area contributed by atoms with E-state index in [1.807, 2.05) is 0 Å². The van der Waals surface area contributed by atoms with Gasteiger partial charge >= 0.3 is 5.69 Å². The summed E-state index contributed by atoms with van der Waals surface area (Å²) in [5.74, 6) is -0.500. The van der Waals surface area contributed by atoms with E-state index in [0.717, 1.165) is 12.1 Å². The van der Waals surface area contributed by atoms with Gasteiger partial charge in [0.15, 0.2) is 0 Å². The van der Waals surface area contributed by atoms with Crippen LogP contribution >= 0.6 is 15.9 Å². The molecule has 0 spiro atoms. The van der Waals surface area contributed by atoms with Gasteiger partial charge in [0, 0.05) is 10.5 Å². The molecule has 0 radical (unpaired) electrons. The zero-order chi connectivity index (χ0) is 15.6. The maximum Gasteiger partial charge on any atom is 0.312 e. The van der Waals surface area contributed by atoms with Crippen molar-refractivity contribution in [2.75, 3.05) is 0 Å². The molecule has 7 heteroatoms. The third-order valence-corrected chi connectivity index (χ3v) is 3.15. The Hall–Kier alpha value is -2.46. The lowest BCUT2D eigenvalue weighted by Crippen LogP contribution is -1.97. The molecule has 2 aromatic carbocycles. The Morgan fingerprint density at radius 2 is 2.10 bits per heavy atom. The van der Waals surface area contributed by atoms with Crippen molar-refractivity contribution in [1.29, 1.82) is 5.26 Å². The summed E-state index contributed by atoms with van der Waals surface area (Å²) < 4.78 is 19.1. The lowest BCUT2D eigenvalue weighted by Gasteiger charge is -2.11. The van der Waals surface area contributed by atoms with E-state index in [1.54, 1.807) is 19.1 Å². The zero-order valence-electron chi connectivity index (χ0n) is 10.8. The number of nitro benzene ring substituents is 1. The second kappa shape index (κ2) is 5.89. The summed E-state index contributed by atoms with van der Waals surface area (Å²) in [4.78, 5) is 10.5. The van der Waals surface area contributed by atoms with E-state index in [0.29, 0.717) is 10.0 Å². The maximum absolute atomic E-state index is 13.1. The molecule has 0 aromatic heterocycles. The minimum absolute atomic E-state index is 0.0197. The highest BCUT2D eigenvalue weighted by Gasteiger charge is 2.20. The molecule has 21 heavy (non-hydrogen) atoms. The van der Waals surface area contributed by atoms with E-state index in [1.165, 1.54) is 12.1 Å². The fraction of sp³-hybridized carbons (Fsp3) is 0.0714. The smallest absolute Gasteiger partial charge is 0.312 e. The van der Waals surface area contributed by atoms with Crippen LogP contribution in [0.15, 0.2) is 34.8 Å². The van der Waals surface area contributed by atoms with Gasteiger partial charge in [0.1, 0.15) is 17.6 Å². The van der Waals surface area contributed by atoms with Gasteiger partial charge in [-0.25, -0.2) is 4.39 Å². The Kier molecular flexibility index (Phi) is 4.19. The molecule has 0 aliphatic rings. The van der Waals surface area contributed by atoms with Gasteiger partial charge in [-0.05, 0) is 36.8 Å². The number of ether oxygens (including phenoxy) is 1. The zero-order valence-corrected chi connectivity index (χ0v) is 12.3. The maximum atomic E-state index is 13.1. The number of aryl methyl sites for hydroxylation is 1. The van der Waals surface area contributed by atoms with Gasteiger partial charge in [0.2, 0.25) is 5.75 Å². The van der Waals surface area contributed by atoms with Crippen molar-refractivity contribution >= 4 is 21.6 Å². The van der Waals surface area contributed by atoms with Crippen LogP contribution in [0.4, 0.5) is 10.1 Å². The van der Waals surface area contributed by atoms with Crippen molar-refractivity contribution in [2.24, 2.45) is 0 Å². The normalized spacial score (nSPS) is 10.0. The van der Waals surface area contributed by atoms with Crippen LogP contribution in [-0.2, 0) is 0 Å². The number of nitriles is 1. The van der Waals surface area contributed by atoms with Crippen LogP contribution < -0.4 is 4.74 Å². The average molecular weight is 351 g/mol. The fourth-order valence-electron chi connectivity index (χ4n) is 1.77. The van der Waals surface area contributed by atoms with E-state index in [-0.39, 0.29) is 22.7 Å². The van der Waals surface area contributed by atoms with E-state index >= 15 is 0 Å². The van der Waals surface area contributed by atoms with Crippen molar-refractivity contribution in [3.8, 4) is 17.6 Å². The molecule has 0 bridgehead atoms. The summed E-state index contributed by atoms with van der Waals surface area (Å²) in [6.07, 6.45) is 0. The van der Waals surface area contributed by atoms with Crippen LogP contribution in [0.25, 0.3) is 0 Å². The lowest BCUT2D eigenvalue weighted by atomic mass is 10.2. The molecule has 0 heterocycles. The second-order valence-electron chi connectivity index (χ2n) is 4.18. The minimum atomic E-state index is -0.582. The van der Waals surface area contributed by atoms with Gasteiger partial charge in [-0.15, -0.1) is 0 Å². The Morgan fingerprint density at radius 3 is 2.71 bits per heavy atom. The van der Waals surface area contributed by atoms with Crippen LogP contribution in [-0.4, -0.2) is 4.92 Å². The summed E-state index contributed by atoms with van der Waals surface area (Å²) in [6.45, 7) is 1.64. The predicted octanol–water partition coefficient (Wildman–Crippen LogP) is 4.47. The van der Waals surface area contributed by atoms with Crippen molar-refractivity contribution in [1.82, 2.24) is 0 Å². The minimum Gasteiger partial charge on any atom is -0.448 e. The highest BCUT2D eigenvalue weighted by Crippen LogP contribution is 2.38. The third kappa shape index (κ3) is 3.17. The van der Waals surface area contributed by atoms with Gasteiger partial charge in [-0.2, -0.15) is 5.26 Å². The Morgan fingerprint density at radius 1 is 1.38 bits per heavy atom. The van der Waals surface area contributed by atoms with E-state index in [4.69, 9.17) is 10.00 Å². The topological polar surface area (TPSA) is 76.2 Å². The molecule has 2 aromatic rings. The third-order valence-electron chi connectivity index (χ3n) is 2.69. The summed E-state index contributed by atoms with van der Waals surface area (Å²) >= 11 is 3.18. The molecular weight excluding hydrogens is 343 g/mol. The molecular formula is C14H8BrFN2O3. The standard InChI is InChI=1S/C14H8BrFN2O3/c1-8-4-10(15)6-12(18(19)20)14(8)21-13-3-2-11(16)5-9(13)7-17/h2-6H,1H3. The molecule has 0 unspecified atom stereocenters. The first-order valence-electron chi connectivity index (χ1n) is 5.74. The van der Waals surface area contributed by atoms with Crippen molar-refractivity contribution in [3.05, 3.63) is 61.9 Å². The number of hydrogen-bond acceptors (Lipinski definition) is 4. The number of nitro groups is 1. The monoisotopic (exact) mass is 350 g/mol. The van der Waals surface area contributed by atoms with Gasteiger partial charge < -0.3 is 4.74 Å². The second-order valence-corrected chi connectivity index (χ2v) is 5.10.